The summed E-state index contributed by atoms with van der Waals surface area (Å²) in [4.78, 5) is 21.7. The second-order valence-electron chi connectivity index (χ2n) is 6.35. The van der Waals surface area contributed by atoms with Gasteiger partial charge in [-0.15, -0.1) is 0 Å². The van der Waals surface area contributed by atoms with Crippen LogP contribution in [0.5, 0.6) is 0 Å². The van der Waals surface area contributed by atoms with Gasteiger partial charge in [-0.3, -0.25) is 0 Å². The largest absolute Gasteiger partial charge is 0.328 e. The van der Waals surface area contributed by atoms with Crippen molar-refractivity contribution < 1.29 is 14.7 Å². The molecule has 0 radical (unpaired) electrons. The third kappa shape index (κ3) is 7.07. The molecule has 0 fully saturated rings. The molecule has 0 unspecified atom stereocenters. The summed E-state index contributed by atoms with van der Waals surface area (Å²) in [6.07, 6.45) is 0. The lowest BCUT2D eigenvalue weighted by molar-refractivity contribution is 0.368. The van der Waals surface area contributed by atoms with Gasteiger partial charge < -0.3 is 14.7 Å². The van der Waals surface area contributed by atoms with E-state index in [1.54, 1.807) is 0 Å². The van der Waals surface area contributed by atoms with Crippen LogP contribution in [0.1, 0.15) is 52.7 Å². The molecule has 0 aliphatic heterocycles. The normalized spacial score (nSPS) is 12.1. The molecule has 1 rings (SSSR count). The molecule has 104 valence electrons. The average Bonchev–Trinajstić information content (AvgIpc) is 2.14. The molecule has 18 heavy (non-hydrogen) atoms. The molecule has 0 saturated heterocycles. The highest BCUT2D eigenvalue weighted by Crippen LogP contribution is 2.28. The van der Waals surface area contributed by atoms with Crippen LogP contribution in [-0.2, 0) is 10.8 Å². The Balaban J connectivity index is 0.000000631. The van der Waals surface area contributed by atoms with Gasteiger partial charge >= 0.3 is 8.60 Å². The lowest BCUT2D eigenvalue weighted by atomic mass is 9.81. The van der Waals surface area contributed by atoms with Crippen LogP contribution < -0.4 is 0 Å². The molecule has 3 nitrogen and oxygen atoms in total. The standard InChI is InChI=1S/C14H22.H3O3P/c1-13(2,3)11-8-7-9-12(10-11)14(4,5)6;1-4(2)3/h7-10H,1-6H3;1-3H. The van der Waals surface area contributed by atoms with Crippen LogP contribution in [0.15, 0.2) is 24.3 Å². The SMILES string of the molecule is CC(C)(C)c1cccc(C(C)(C)C)c1.OP(O)O. The van der Waals surface area contributed by atoms with Crippen molar-refractivity contribution >= 4 is 8.60 Å². The summed E-state index contributed by atoms with van der Waals surface area (Å²) < 4.78 is 0. The predicted octanol–water partition coefficient (Wildman–Crippen LogP) is 3.47. The molecule has 0 amide bonds. The first-order valence-corrected chi connectivity index (χ1v) is 7.12. The first kappa shape index (κ1) is 17.5. The quantitative estimate of drug-likeness (QED) is 0.634. The van der Waals surface area contributed by atoms with Crippen LogP contribution in [0, 0.1) is 0 Å². The molecule has 0 aromatic heterocycles. The van der Waals surface area contributed by atoms with Crippen molar-refractivity contribution in [1.82, 2.24) is 0 Å². The number of rotatable bonds is 0. The summed E-state index contributed by atoms with van der Waals surface area (Å²) in [5.41, 5.74) is 3.34. The highest BCUT2D eigenvalue weighted by molar-refractivity contribution is 7.38. The smallest absolute Gasteiger partial charge is 0.324 e. The summed E-state index contributed by atoms with van der Waals surface area (Å²) in [6, 6.07) is 8.94. The first-order valence-electron chi connectivity index (χ1n) is 5.92. The number of hydrogen-bond acceptors (Lipinski definition) is 3. The summed E-state index contributed by atoms with van der Waals surface area (Å²) in [5.74, 6) is 0. The first-order chi connectivity index (χ1) is 7.94. The zero-order chi connectivity index (χ0) is 14.6. The topological polar surface area (TPSA) is 60.7 Å². The Bertz CT molecular complexity index is 330. The lowest BCUT2D eigenvalue weighted by Gasteiger charge is -2.24. The molecule has 0 bridgehead atoms. The van der Waals surface area contributed by atoms with Gasteiger partial charge in [0.2, 0.25) is 0 Å². The van der Waals surface area contributed by atoms with Crippen LogP contribution in [0.3, 0.4) is 0 Å². The van der Waals surface area contributed by atoms with E-state index in [0.717, 1.165) is 0 Å². The van der Waals surface area contributed by atoms with Gasteiger partial charge in [0.15, 0.2) is 0 Å². The van der Waals surface area contributed by atoms with E-state index in [2.05, 4.69) is 65.8 Å². The van der Waals surface area contributed by atoms with Crippen molar-refractivity contribution in [3.05, 3.63) is 35.4 Å². The van der Waals surface area contributed by atoms with Crippen LogP contribution in [0.4, 0.5) is 0 Å². The monoisotopic (exact) mass is 272 g/mol. The minimum atomic E-state index is -2.62. The van der Waals surface area contributed by atoms with Crippen molar-refractivity contribution in [1.29, 1.82) is 0 Å². The molecule has 0 atom stereocenters. The Morgan fingerprint density at radius 3 is 1.28 bits per heavy atom. The van der Waals surface area contributed by atoms with Crippen molar-refractivity contribution in [3.8, 4) is 0 Å². The van der Waals surface area contributed by atoms with Gasteiger partial charge in [0.25, 0.3) is 0 Å². The van der Waals surface area contributed by atoms with Gasteiger partial charge in [0.05, 0.1) is 0 Å². The highest BCUT2D eigenvalue weighted by Gasteiger charge is 2.18. The van der Waals surface area contributed by atoms with Gasteiger partial charge in [-0.25, -0.2) is 0 Å². The summed E-state index contributed by atoms with van der Waals surface area (Å²) in [5, 5.41) is 0. The van der Waals surface area contributed by atoms with Gasteiger partial charge in [0.1, 0.15) is 0 Å². The number of hydrogen-bond donors (Lipinski definition) is 3. The molecule has 4 heteroatoms. The van der Waals surface area contributed by atoms with Crippen molar-refractivity contribution in [2.45, 2.75) is 52.4 Å². The van der Waals surface area contributed by atoms with E-state index in [1.165, 1.54) is 11.1 Å². The summed E-state index contributed by atoms with van der Waals surface area (Å²) >= 11 is 0. The predicted molar refractivity (Wildman–Crippen MR) is 77.4 cm³/mol. The van der Waals surface area contributed by atoms with E-state index in [9.17, 15) is 0 Å². The lowest BCUT2D eigenvalue weighted by Crippen LogP contribution is -2.15. The Morgan fingerprint density at radius 1 is 0.778 bits per heavy atom. The molecule has 0 spiro atoms. The van der Waals surface area contributed by atoms with Gasteiger partial charge in [-0.1, -0.05) is 65.8 Å². The molecular formula is C14H25O3P. The van der Waals surface area contributed by atoms with Crippen molar-refractivity contribution in [2.24, 2.45) is 0 Å². The molecule has 0 aliphatic carbocycles. The third-order valence-corrected chi connectivity index (χ3v) is 2.59. The van der Waals surface area contributed by atoms with E-state index in [-0.39, 0.29) is 10.8 Å². The Morgan fingerprint density at radius 2 is 1.06 bits per heavy atom. The number of benzene rings is 1. The van der Waals surface area contributed by atoms with Crippen molar-refractivity contribution in [2.75, 3.05) is 0 Å². The van der Waals surface area contributed by atoms with E-state index >= 15 is 0 Å². The van der Waals surface area contributed by atoms with E-state index in [0.29, 0.717) is 0 Å². The van der Waals surface area contributed by atoms with E-state index < -0.39 is 8.60 Å². The molecule has 3 N–H and O–H groups in total. The summed E-state index contributed by atoms with van der Waals surface area (Å²) in [7, 11) is -2.62. The molecule has 0 heterocycles. The second-order valence-corrected chi connectivity index (χ2v) is 6.89. The maximum atomic E-state index is 7.23. The minimum absolute atomic E-state index is 0.251. The zero-order valence-electron chi connectivity index (χ0n) is 12.1. The van der Waals surface area contributed by atoms with Crippen LogP contribution in [-0.4, -0.2) is 14.7 Å². The maximum absolute atomic E-state index is 7.23. The van der Waals surface area contributed by atoms with Crippen molar-refractivity contribution in [3.63, 3.8) is 0 Å². The Hall–Kier alpha value is -0.470. The fourth-order valence-corrected chi connectivity index (χ4v) is 1.45. The van der Waals surface area contributed by atoms with E-state index in [4.69, 9.17) is 14.7 Å². The summed E-state index contributed by atoms with van der Waals surface area (Å²) in [6.45, 7) is 13.6. The average molecular weight is 272 g/mol. The second kappa shape index (κ2) is 6.63. The van der Waals surface area contributed by atoms with Crippen LogP contribution in [0.2, 0.25) is 0 Å². The Labute approximate surface area is 111 Å². The van der Waals surface area contributed by atoms with Gasteiger partial charge in [-0.2, -0.15) is 0 Å². The molecule has 0 aliphatic rings. The highest BCUT2D eigenvalue weighted by atomic mass is 31.2. The van der Waals surface area contributed by atoms with Crippen LogP contribution >= 0.6 is 8.60 Å². The van der Waals surface area contributed by atoms with Crippen LogP contribution in [0.25, 0.3) is 0 Å². The minimum Gasteiger partial charge on any atom is -0.328 e. The van der Waals surface area contributed by atoms with Gasteiger partial charge in [0, 0.05) is 0 Å². The molecule has 1 aromatic carbocycles. The third-order valence-electron chi connectivity index (χ3n) is 2.59. The molecule has 0 saturated carbocycles. The zero-order valence-corrected chi connectivity index (χ0v) is 13.0. The molecular weight excluding hydrogens is 247 g/mol. The van der Waals surface area contributed by atoms with E-state index in [1.807, 2.05) is 0 Å². The maximum Gasteiger partial charge on any atom is 0.324 e. The molecule has 1 aromatic rings. The fourth-order valence-electron chi connectivity index (χ4n) is 1.45. The fraction of sp³-hybridized carbons (Fsp3) is 0.571. The van der Waals surface area contributed by atoms with Gasteiger partial charge in [-0.05, 0) is 22.0 Å². The Kier molecular flexibility index (Phi) is 6.45.